The van der Waals surface area contributed by atoms with E-state index in [0.29, 0.717) is 0 Å². The predicted octanol–water partition coefficient (Wildman–Crippen LogP) is 2.17. The van der Waals surface area contributed by atoms with Crippen molar-refractivity contribution in [2.75, 3.05) is 25.4 Å². The lowest BCUT2D eigenvalue weighted by atomic mass is 10.4. The third-order valence-electron chi connectivity index (χ3n) is 1.61. The number of nitrogens with one attached hydrogen (secondary N) is 1. The van der Waals surface area contributed by atoms with Crippen molar-refractivity contribution in [3.63, 3.8) is 0 Å². The molecule has 0 aliphatic heterocycles. The maximum absolute atomic E-state index is 5.35. The van der Waals surface area contributed by atoms with Gasteiger partial charge in [0, 0.05) is 30.3 Å². The molecule has 0 amide bonds. The van der Waals surface area contributed by atoms with Gasteiger partial charge in [0.05, 0.1) is 0 Å². The second kappa shape index (κ2) is 12.1. The van der Waals surface area contributed by atoms with Gasteiger partial charge in [-0.3, -0.25) is 0 Å². The molecule has 3 N–H and O–H groups in total. The van der Waals surface area contributed by atoms with Crippen LogP contribution in [-0.2, 0) is 0 Å². The van der Waals surface area contributed by atoms with E-state index < -0.39 is 0 Å². The average molecular weight is 269 g/mol. The first-order valence-electron chi connectivity index (χ1n) is 4.52. The Labute approximate surface area is 108 Å². The predicted molar refractivity (Wildman–Crippen MR) is 73.6 cm³/mol. The summed E-state index contributed by atoms with van der Waals surface area (Å²) in [7, 11) is 0. The second-order valence-electron chi connectivity index (χ2n) is 2.70. The first kappa shape index (κ1) is 17.5. The monoisotopic (exact) mass is 268 g/mol. The molecule has 0 atom stereocenters. The van der Waals surface area contributed by atoms with Crippen LogP contribution in [0, 0.1) is 0 Å². The lowest BCUT2D eigenvalue weighted by molar-refractivity contribution is 0.729. The van der Waals surface area contributed by atoms with E-state index in [4.69, 9.17) is 5.73 Å². The highest BCUT2D eigenvalue weighted by atomic mass is 35.5. The number of nitrogens with two attached hydrogens (primary N) is 1. The SMILES string of the molecule is Cl.Cl.NCCNCCSc1ccccc1. The lowest BCUT2D eigenvalue weighted by Crippen LogP contribution is -2.24. The first-order chi connectivity index (χ1) is 6.43. The Morgan fingerprint density at radius 1 is 1.07 bits per heavy atom. The van der Waals surface area contributed by atoms with Gasteiger partial charge >= 0.3 is 0 Å². The summed E-state index contributed by atoms with van der Waals surface area (Å²) in [5.41, 5.74) is 5.35. The first-order valence-corrected chi connectivity index (χ1v) is 5.50. The largest absolute Gasteiger partial charge is 0.329 e. The minimum atomic E-state index is 0. The highest BCUT2D eigenvalue weighted by Gasteiger charge is 1.90. The number of hydrogen-bond donors (Lipinski definition) is 2. The molecule has 0 unspecified atom stereocenters. The van der Waals surface area contributed by atoms with Gasteiger partial charge in [0.25, 0.3) is 0 Å². The van der Waals surface area contributed by atoms with Crippen LogP contribution in [0.3, 0.4) is 0 Å². The third-order valence-corrected chi connectivity index (χ3v) is 2.63. The van der Waals surface area contributed by atoms with Crippen LogP contribution in [0.25, 0.3) is 0 Å². The maximum Gasteiger partial charge on any atom is 0.0106 e. The summed E-state index contributed by atoms with van der Waals surface area (Å²) in [4.78, 5) is 1.33. The van der Waals surface area contributed by atoms with Crippen LogP contribution in [0.2, 0.25) is 0 Å². The fourth-order valence-corrected chi connectivity index (χ4v) is 1.82. The van der Waals surface area contributed by atoms with E-state index in [2.05, 4.69) is 29.6 Å². The molecule has 0 aliphatic rings. The van der Waals surface area contributed by atoms with Gasteiger partial charge in [0.2, 0.25) is 0 Å². The van der Waals surface area contributed by atoms with E-state index in [-0.39, 0.29) is 24.8 Å². The van der Waals surface area contributed by atoms with Gasteiger partial charge in [0.15, 0.2) is 0 Å². The fraction of sp³-hybridized carbons (Fsp3) is 0.400. The molecule has 1 aromatic carbocycles. The van der Waals surface area contributed by atoms with Crippen molar-refractivity contribution in [2.24, 2.45) is 5.73 Å². The van der Waals surface area contributed by atoms with Crippen LogP contribution < -0.4 is 11.1 Å². The lowest BCUT2D eigenvalue weighted by Gasteiger charge is -2.02. The van der Waals surface area contributed by atoms with Gasteiger partial charge in [-0.1, -0.05) is 18.2 Å². The van der Waals surface area contributed by atoms with Gasteiger partial charge in [-0.15, -0.1) is 36.6 Å². The van der Waals surface area contributed by atoms with E-state index >= 15 is 0 Å². The summed E-state index contributed by atoms with van der Waals surface area (Å²) in [5, 5.41) is 3.26. The molecule has 2 nitrogen and oxygen atoms in total. The van der Waals surface area contributed by atoms with E-state index in [1.165, 1.54) is 4.90 Å². The van der Waals surface area contributed by atoms with Crippen molar-refractivity contribution in [3.8, 4) is 0 Å². The van der Waals surface area contributed by atoms with Crippen molar-refractivity contribution in [3.05, 3.63) is 30.3 Å². The van der Waals surface area contributed by atoms with E-state index in [0.717, 1.165) is 25.4 Å². The van der Waals surface area contributed by atoms with Crippen LogP contribution in [0.5, 0.6) is 0 Å². The summed E-state index contributed by atoms with van der Waals surface area (Å²) in [6, 6.07) is 10.4. The zero-order valence-electron chi connectivity index (χ0n) is 8.52. The fourth-order valence-electron chi connectivity index (χ4n) is 0.985. The van der Waals surface area contributed by atoms with Gasteiger partial charge in [-0.05, 0) is 12.1 Å². The molecule has 0 saturated heterocycles. The normalized spacial score (nSPS) is 8.87. The summed E-state index contributed by atoms with van der Waals surface area (Å²) in [5.74, 6) is 1.10. The van der Waals surface area contributed by atoms with Crippen molar-refractivity contribution < 1.29 is 0 Å². The zero-order chi connectivity index (χ0) is 9.36. The quantitative estimate of drug-likeness (QED) is 0.614. The summed E-state index contributed by atoms with van der Waals surface area (Å²) >= 11 is 1.87. The highest BCUT2D eigenvalue weighted by Crippen LogP contribution is 2.15. The molecular formula is C10H18Cl2N2S. The minimum absolute atomic E-state index is 0. The molecule has 0 bridgehead atoms. The molecule has 1 rings (SSSR count). The molecule has 88 valence electrons. The number of hydrogen-bond acceptors (Lipinski definition) is 3. The molecule has 0 radical (unpaired) electrons. The van der Waals surface area contributed by atoms with Crippen LogP contribution in [0.1, 0.15) is 0 Å². The molecule has 0 fully saturated rings. The van der Waals surface area contributed by atoms with Gasteiger partial charge < -0.3 is 11.1 Å². The molecule has 0 aromatic heterocycles. The zero-order valence-corrected chi connectivity index (χ0v) is 11.0. The van der Waals surface area contributed by atoms with Crippen molar-refractivity contribution in [1.82, 2.24) is 5.32 Å². The topological polar surface area (TPSA) is 38.0 Å². The van der Waals surface area contributed by atoms with Crippen LogP contribution in [-0.4, -0.2) is 25.4 Å². The molecular weight excluding hydrogens is 251 g/mol. The Kier molecular flexibility index (Phi) is 14.1. The second-order valence-corrected chi connectivity index (χ2v) is 3.87. The van der Waals surface area contributed by atoms with Crippen LogP contribution in [0.15, 0.2) is 35.2 Å². The van der Waals surface area contributed by atoms with Crippen LogP contribution in [0.4, 0.5) is 0 Å². The Hall–Kier alpha value is 0.0700. The number of benzene rings is 1. The molecule has 1 aromatic rings. The Balaban J connectivity index is 0. The Bertz CT molecular complexity index is 222. The molecule has 15 heavy (non-hydrogen) atoms. The smallest absolute Gasteiger partial charge is 0.0106 e. The maximum atomic E-state index is 5.35. The number of thioether (sulfide) groups is 1. The number of halogens is 2. The van der Waals surface area contributed by atoms with Gasteiger partial charge in [0.1, 0.15) is 0 Å². The van der Waals surface area contributed by atoms with E-state index in [1.54, 1.807) is 0 Å². The summed E-state index contributed by atoms with van der Waals surface area (Å²) in [6.07, 6.45) is 0. The van der Waals surface area contributed by atoms with E-state index in [9.17, 15) is 0 Å². The Morgan fingerprint density at radius 2 is 1.73 bits per heavy atom. The molecule has 0 spiro atoms. The molecule has 0 aliphatic carbocycles. The Morgan fingerprint density at radius 3 is 2.33 bits per heavy atom. The van der Waals surface area contributed by atoms with E-state index in [1.807, 2.05) is 17.8 Å². The van der Waals surface area contributed by atoms with Crippen molar-refractivity contribution in [2.45, 2.75) is 4.90 Å². The van der Waals surface area contributed by atoms with Crippen molar-refractivity contribution >= 4 is 36.6 Å². The standard InChI is InChI=1S/C10H16N2S.2ClH/c11-6-7-12-8-9-13-10-4-2-1-3-5-10;;/h1-5,12H,6-9,11H2;2*1H. The summed E-state index contributed by atoms with van der Waals surface area (Å²) in [6.45, 7) is 2.65. The van der Waals surface area contributed by atoms with Gasteiger partial charge in [-0.2, -0.15) is 0 Å². The van der Waals surface area contributed by atoms with Crippen molar-refractivity contribution in [1.29, 1.82) is 0 Å². The average Bonchev–Trinajstić information content (AvgIpc) is 2.19. The number of rotatable bonds is 6. The van der Waals surface area contributed by atoms with Crippen LogP contribution >= 0.6 is 36.6 Å². The minimum Gasteiger partial charge on any atom is -0.329 e. The highest BCUT2D eigenvalue weighted by molar-refractivity contribution is 7.99. The van der Waals surface area contributed by atoms with Gasteiger partial charge in [-0.25, -0.2) is 0 Å². The molecule has 5 heteroatoms. The molecule has 0 saturated carbocycles. The summed E-state index contributed by atoms with van der Waals surface area (Å²) < 4.78 is 0. The third kappa shape index (κ3) is 9.03. The molecule has 0 heterocycles.